The van der Waals surface area contributed by atoms with Crippen LogP contribution in [0.4, 0.5) is 0 Å². The van der Waals surface area contributed by atoms with Crippen molar-refractivity contribution >= 4 is 17.5 Å². The predicted octanol–water partition coefficient (Wildman–Crippen LogP) is 3.64. The van der Waals surface area contributed by atoms with Gasteiger partial charge < -0.3 is 4.57 Å². The summed E-state index contributed by atoms with van der Waals surface area (Å²) in [5.74, 6) is -0.127. The van der Waals surface area contributed by atoms with Crippen LogP contribution in [0.3, 0.4) is 0 Å². The molecular weight excluding hydrogens is 334 g/mol. The van der Waals surface area contributed by atoms with Gasteiger partial charge in [0.05, 0.1) is 6.54 Å². The summed E-state index contributed by atoms with van der Waals surface area (Å²) in [6.45, 7) is 0.579. The standard InChI is InChI=1S/C20H18ClN3O/c21-18-11-9-17(14-22-18)15-24-13-5-4-8-19(24)23-20(25)12-10-16-6-2-1-3-7-16/h1-9,11,13-14H,10,12,15H2/b23-19+. The number of benzene rings is 1. The van der Waals surface area contributed by atoms with Crippen LogP contribution < -0.4 is 5.49 Å². The summed E-state index contributed by atoms with van der Waals surface area (Å²) >= 11 is 5.82. The molecule has 3 rings (SSSR count). The summed E-state index contributed by atoms with van der Waals surface area (Å²) in [4.78, 5) is 20.6. The predicted molar refractivity (Wildman–Crippen MR) is 98.1 cm³/mol. The lowest BCUT2D eigenvalue weighted by Crippen LogP contribution is -2.22. The number of nitrogens with zero attached hydrogens (tertiary/aromatic N) is 3. The Morgan fingerprint density at radius 3 is 2.56 bits per heavy atom. The molecule has 0 fully saturated rings. The zero-order valence-corrected chi connectivity index (χ0v) is 14.4. The quantitative estimate of drug-likeness (QED) is 0.659. The van der Waals surface area contributed by atoms with Crippen molar-refractivity contribution in [1.29, 1.82) is 0 Å². The van der Waals surface area contributed by atoms with Crippen molar-refractivity contribution in [3.63, 3.8) is 0 Å². The lowest BCUT2D eigenvalue weighted by molar-refractivity contribution is -0.118. The molecule has 0 N–H and O–H groups in total. The third-order valence-corrected chi connectivity index (χ3v) is 3.99. The molecule has 126 valence electrons. The first-order chi connectivity index (χ1) is 12.2. The van der Waals surface area contributed by atoms with Crippen molar-refractivity contribution in [2.45, 2.75) is 19.4 Å². The van der Waals surface area contributed by atoms with Gasteiger partial charge in [-0.05, 0) is 35.7 Å². The van der Waals surface area contributed by atoms with Crippen LogP contribution in [0.25, 0.3) is 0 Å². The smallest absolute Gasteiger partial charge is 0.247 e. The maximum atomic E-state index is 12.2. The molecule has 2 aromatic heterocycles. The van der Waals surface area contributed by atoms with Crippen LogP contribution in [-0.4, -0.2) is 15.5 Å². The van der Waals surface area contributed by atoms with Gasteiger partial charge in [-0.15, -0.1) is 0 Å². The van der Waals surface area contributed by atoms with Crippen molar-refractivity contribution in [2.24, 2.45) is 4.99 Å². The molecule has 0 saturated heterocycles. The lowest BCUT2D eigenvalue weighted by atomic mass is 10.1. The zero-order valence-electron chi connectivity index (χ0n) is 13.7. The molecule has 2 heterocycles. The van der Waals surface area contributed by atoms with Crippen molar-refractivity contribution in [3.05, 3.63) is 94.8 Å². The summed E-state index contributed by atoms with van der Waals surface area (Å²) < 4.78 is 1.92. The molecule has 0 aliphatic carbocycles. The van der Waals surface area contributed by atoms with E-state index >= 15 is 0 Å². The van der Waals surface area contributed by atoms with E-state index in [4.69, 9.17) is 11.6 Å². The Bertz CT molecular complexity index is 902. The molecule has 1 amide bonds. The number of amides is 1. The lowest BCUT2D eigenvalue weighted by Gasteiger charge is -2.07. The van der Waals surface area contributed by atoms with Crippen LogP contribution in [0.15, 0.2) is 78.0 Å². The van der Waals surface area contributed by atoms with E-state index in [-0.39, 0.29) is 5.91 Å². The van der Waals surface area contributed by atoms with Gasteiger partial charge in [0.1, 0.15) is 10.6 Å². The molecule has 0 radical (unpaired) electrons. The van der Waals surface area contributed by atoms with Crippen LogP contribution in [0.1, 0.15) is 17.5 Å². The fourth-order valence-corrected chi connectivity index (χ4v) is 2.59. The van der Waals surface area contributed by atoms with E-state index in [1.165, 1.54) is 0 Å². The molecule has 3 aromatic rings. The average Bonchev–Trinajstić information content (AvgIpc) is 2.64. The highest BCUT2D eigenvalue weighted by atomic mass is 35.5. The molecule has 0 aliphatic rings. The molecule has 0 saturated carbocycles. The first kappa shape index (κ1) is 17.1. The first-order valence-corrected chi connectivity index (χ1v) is 8.46. The molecule has 0 aliphatic heterocycles. The van der Waals surface area contributed by atoms with E-state index in [0.717, 1.165) is 11.1 Å². The molecular formula is C20H18ClN3O. The highest BCUT2D eigenvalue weighted by Gasteiger charge is 2.02. The van der Waals surface area contributed by atoms with Crippen LogP contribution in [0, 0.1) is 0 Å². The fourth-order valence-electron chi connectivity index (χ4n) is 2.48. The highest BCUT2D eigenvalue weighted by Crippen LogP contribution is 2.06. The minimum Gasteiger partial charge on any atom is -0.328 e. The minimum atomic E-state index is -0.127. The number of carbonyl (C=O) groups excluding carboxylic acids is 1. The van der Waals surface area contributed by atoms with E-state index in [1.807, 2.05) is 65.4 Å². The van der Waals surface area contributed by atoms with Gasteiger partial charge in [-0.2, -0.15) is 4.99 Å². The number of carbonyl (C=O) groups is 1. The van der Waals surface area contributed by atoms with Gasteiger partial charge in [0.2, 0.25) is 5.91 Å². The second-order valence-electron chi connectivity index (χ2n) is 5.67. The Balaban J connectivity index is 1.73. The van der Waals surface area contributed by atoms with Gasteiger partial charge in [0.25, 0.3) is 0 Å². The zero-order chi connectivity index (χ0) is 17.5. The monoisotopic (exact) mass is 351 g/mol. The average molecular weight is 352 g/mol. The number of halogens is 1. The van der Waals surface area contributed by atoms with Gasteiger partial charge in [0, 0.05) is 18.8 Å². The number of aromatic nitrogens is 2. The molecule has 5 heteroatoms. The summed E-state index contributed by atoms with van der Waals surface area (Å²) in [5, 5.41) is 0.461. The Labute approximate surface area is 151 Å². The van der Waals surface area contributed by atoms with Crippen molar-refractivity contribution in [3.8, 4) is 0 Å². The van der Waals surface area contributed by atoms with Crippen LogP contribution in [0.5, 0.6) is 0 Å². The van der Waals surface area contributed by atoms with Crippen molar-refractivity contribution in [2.75, 3.05) is 0 Å². The fraction of sp³-hybridized carbons (Fsp3) is 0.150. The van der Waals surface area contributed by atoms with E-state index in [9.17, 15) is 4.79 Å². The molecule has 0 bridgehead atoms. The molecule has 0 spiro atoms. The topological polar surface area (TPSA) is 47.2 Å². The second-order valence-corrected chi connectivity index (χ2v) is 6.05. The highest BCUT2D eigenvalue weighted by molar-refractivity contribution is 6.29. The van der Waals surface area contributed by atoms with Crippen LogP contribution in [0.2, 0.25) is 5.15 Å². The third kappa shape index (κ3) is 5.13. The molecule has 4 nitrogen and oxygen atoms in total. The van der Waals surface area contributed by atoms with Crippen LogP contribution >= 0.6 is 11.6 Å². The first-order valence-electron chi connectivity index (χ1n) is 8.08. The second kappa shape index (κ2) is 8.40. The van der Waals surface area contributed by atoms with Gasteiger partial charge in [0.15, 0.2) is 0 Å². The number of aryl methyl sites for hydroxylation is 1. The van der Waals surface area contributed by atoms with Crippen molar-refractivity contribution in [1.82, 2.24) is 9.55 Å². The Morgan fingerprint density at radius 2 is 1.80 bits per heavy atom. The summed E-state index contributed by atoms with van der Waals surface area (Å²) in [5.41, 5.74) is 2.77. The van der Waals surface area contributed by atoms with E-state index in [0.29, 0.717) is 30.0 Å². The molecule has 25 heavy (non-hydrogen) atoms. The largest absolute Gasteiger partial charge is 0.328 e. The number of hydrogen-bond acceptors (Lipinski definition) is 2. The molecule has 1 aromatic carbocycles. The summed E-state index contributed by atoms with van der Waals surface area (Å²) in [6.07, 6.45) is 4.71. The number of hydrogen-bond donors (Lipinski definition) is 0. The van der Waals surface area contributed by atoms with Gasteiger partial charge in [-0.1, -0.05) is 54.1 Å². The summed E-state index contributed by atoms with van der Waals surface area (Å²) in [6, 6.07) is 19.2. The molecule has 0 atom stereocenters. The van der Waals surface area contributed by atoms with Crippen molar-refractivity contribution < 1.29 is 4.79 Å². The SMILES string of the molecule is O=C(CCc1ccccc1)/N=c1\ccccn1Cc1ccc(Cl)nc1. The normalized spacial score (nSPS) is 11.5. The van der Waals surface area contributed by atoms with Gasteiger partial charge in [-0.25, -0.2) is 4.98 Å². The minimum absolute atomic E-state index is 0.127. The number of rotatable bonds is 5. The molecule has 0 unspecified atom stereocenters. The van der Waals surface area contributed by atoms with E-state index < -0.39 is 0 Å². The van der Waals surface area contributed by atoms with E-state index in [2.05, 4.69) is 9.98 Å². The number of pyridine rings is 2. The third-order valence-electron chi connectivity index (χ3n) is 3.77. The van der Waals surface area contributed by atoms with Gasteiger partial charge in [-0.3, -0.25) is 4.79 Å². The Kier molecular flexibility index (Phi) is 5.75. The maximum absolute atomic E-state index is 12.2. The van der Waals surface area contributed by atoms with E-state index in [1.54, 1.807) is 12.3 Å². The summed E-state index contributed by atoms with van der Waals surface area (Å²) in [7, 11) is 0. The van der Waals surface area contributed by atoms with Gasteiger partial charge >= 0.3 is 0 Å². The maximum Gasteiger partial charge on any atom is 0.247 e. The Hall–Kier alpha value is -2.72. The Morgan fingerprint density at radius 1 is 1.00 bits per heavy atom. The van der Waals surface area contributed by atoms with Crippen LogP contribution in [-0.2, 0) is 17.8 Å².